The van der Waals surface area contributed by atoms with Crippen LogP contribution in [0.25, 0.3) is 10.9 Å². The molecule has 2 aromatic rings. The van der Waals surface area contributed by atoms with Gasteiger partial charge in [0.1, 0.15) is 0 Å². The molecule has 0 saturated carbocycles. The van der Waals surface area contributed by atoms with E-state index in [0.29, 0.717) is 19.0 Å². The number of nitrogens with one attached hydrogen (secondary N) is 3. The first kappa shape index (κ1) is 17.3. The van der Waals surface area contributed by atoms with E-state index in [0.717, 1.165) is 18.4 Å². The number of benzene rings is 1. The van der Waals surface area contributed by atoms with Gasteiger partial charge in [0.2, 0.25) is 5.91 Å². The Labute approximate surface area is 148 Å². The number of nitrogens with zero attached hydrogens (tertiary/aromatic N) is 1. The lowest BCUT2D eigenvalue weighted by Gasteiger charge is -2.31. The number of likely N-dealkylation sites (tertiary alicyclic amines) is 1. The van der Waals surface area contributed by atoms with Gasteiger partial charge in [-0.05, 0) is 44.2 Å². The number of H-pyrrole nitrogens is 1. The van der Waals surface area contributed by atoms with Crippen molar-refractivity contribution >= 4 is 22.8 Å². The van der Waals surface area contributed by atoms with Crippen molar-refractivity contribution in [2.75, 3.05) is 19.6 Å². The molecule has 1 aromatic carbocycles. The zero-order chi connectivity index (χ0) is 17.8. The van der Waals surface area contributed by atoms with Gasteiger partial charge in [0.05, 0.1) is 6.54 Å². The first-order valence-corrected chi connectivity index (χ1v) is 8.92. The lowest BCUT2D eigenvalue weighted by atomic mass is 9.94. The molecule has 2 heterocycles. The second-order valence-corrected chi connectivity index (χ2v) is 6.95. The van der Waals surface area contributed by atoms with Crippen molar-refractivity contribution in [3.63, 3.8) is 0 Å². The molecule has 1 aromatic heterocycles. The first-order valence-electron chi connectivity index (χ1n) is 8.92. The molecule has 1 saturated heterocycles. The van der Waals surface area contributed by atoms with Gasteiger partial charge in [-0.1, -0.05) is 18.2 Å². The molecule has 1 fully saturated rings. The predicted octanol–water partition coefficient (Wildman–Crippen LogP) is 2.58. The zero-order valence-electron chi connectivity index (χ0n) is 14.8. The molecule has 3 N–H and O–H groups in total. The van der Waals surface area contributed by atoms with Crippen LogP contribution in [0.5, 0.6) is 0 Å². The van der Waals surface area contributed by atoms with E-state index in [1.54, 1.807) is 4.90 Å². The monoisotopic (exact) mass is 342 g/mol. The number of carbonyl (C=O) groups is 2. The van der Waals surface area contributed by atoms with E-state index in [2.05, 4.69) is 33.8 Å². The third-order valence-electron chi connectivity index (χ3n) is 4.62. The molecule has 6 heteroatoms. The summed E-state index contributed by atoms with van der Waals surface area (Å²) in [6.07, 6.45) is 1.86. The van der Waals surface area contributed by atoms with E-state index in [-0.39, 0.29) is 24.5 Å². The van der Waals surface area contributed by atoms with Crippen molar-refractivity contribution in [2.24, 2.45) is 0 Å². The average molecular weight is 342 g/mol. The van der Waals surface area contributed by atoms with E-state index in [1.807, 2.05) is 26.0 Å². The Morgan fingerprint density at radius 2 is 1.96 bits per heavy atom. The topological polar surface area (TPSA) is 77.2 Å². The Bertz CT molecular complexity index is 712. The first-order chi connectivity index (χ1) is 12.0. The van der Waals surface area contributed by atoms with Crippen molar-refractivity contribution in [1.29, 1.82) is 0 Å². The number of piperidine rings is 1. The minimum Gasteiger partial charge on any atom is -0.358 e. The van der Waals surface area contributed by atoms with Gasteiger partial charge in [-0.3, -0.25) is 4.79 Å². The molecule has 6 nitrogen and oxygen atoms in total. The van der Waals surface area contributed by atoms with E-state index in [1.165, 1.54) is 11.1 Å². The number of aromatic amines is 1. The summed E-state index contributed by atoms with van der Waals surface area (Å²) in [5, 5.41) is 6.70. The summed E-state index contributed by atoms with van der Waals surface area (Å²) in [6, 6.07) is 10.4. The van der Waals surface area contributed by atoms with Crippen LogP contribution in [0, 0.1) is 0 Å². The Morgan fingerprint density at radius 3 is 2.64 bits per heavy atom. The molecule has 1 aliphatic rings. The molecular weight excluding hydrogens is 316 g/mol. The molecule has 3 rings (SSSR count). The fourth-order valence-electron chi connectivity index (χ4n) is 3.35. The normalized spacial score (nSPS) is 15.6. The molecule has 0 atom stereocenters. The number of aromatic nitrogens is 1. The maximum atomic E-state index is 12.2. The van der Waals surface area contributed by atoms with Gasteiger partial charge in [0, 0.05) is 36.3 Å². The van der Waals surface area contributed by atoms with Crippen LogP contribution >= 0.6 is 0 Å². The van der Waals surface area contributed by atoms with Gasteiger partial charge in [-0.15, -0.1) is 0 Å². The summed E-state index contributed by atoms with van der Waals surface area (Å²) < 4.78 is 0. The number of hydrogen-bond acceptors (Lipinski definition) is 2. The summed E-state index contributed by atoms with van der Waals surface area (Å²) >= 11 is 0. The van der Waals surface area contributed by atoms with E-state index in [4.69, 9.17) is 0 Å². The molecule has 25 heavy (non-hydrogen) atoms. The SMILES string of the molecule is CC(C)NC(=O)CNC(=O)N1CCC(c2cc3ccccc3[nH]2)CC1. The second kappa shape index (κ2) is 7.59. The van der Waals surface area contributed by atoms with Crippen LogP contribution in [-0.4, -0.2) is 47.5 Å². The highest BCUT2D eigenvalue weighted by molar-refractivity contribution is 5.84. The number of urea groups is 1. The van der Waals surface area contributed by atoms with Gasteiger partial charge in [-0.25, -0.2) is 4.79 Å². The largest absolute Gasteiger partial charge is 0.358 e. The van der Waals surface area contributed by atoms with Crippen LogP contribution < -0.4 is 10.6 Å². The van der Waals surface area contributed by atoms with Gasteiger partial charge in [0.25, 0.3) is 0 Å². The Morgan fingerprint density at radius 1 is 1.24 bits per heavy atom. The number of amides is 3. The minimum atomic E-state index is -0.158. The molecule has 0 aliphatic carbocycles. The summed E-state index contributed by atoms with van der Waals surface area (Å²) in [6.45, 7) is 5.23. The number of rotatable bonds is 4. The molecule has 3 amide bonds. The average Bonchev–Trinajstić information content (AvgIpc) is 3.03. The van der Waals surface area contributed by atoms with Gasteiger partial charge < -0.3 is 20.5 Å². The number of para-hydroxylation sites is 1. The van der Waals surface area contributed by atoms with Crippen LogP contribution in [0.2, 0.25) is 0 Å². The molecule has 0 unspecified atom stereocenters. The maximum Gasteiger partial charge on any atom is 0.317 e. The van der Waals surface area contributed by atoms with Gasteiger partial charge in [-0.2, -0.15) is 0 Å². The van der Waals surface area contributed by atoms with Crippen molar-refractivity contribution in [1.82, 2.24) is 20.5 Å². The third kappa shape index (κ3) is 4.32. The Balaban J connectivity index is 1.49. The molecule has 0 spiro atoms. The van der Waals surface area contributed by atoms with Crippen LogP contribution in [0.4, 0.5) is 4.79 Å². The number of fused-ring (bicyclic) bond motifs is 1. The summed E-state index contributed by atoms with van der Waals surface area (Å²) in [7, 11) is 0. The fraction of sp³-hybridized carbons (Fsp3) is 0.474. The number of hydrogen-bond donors (Lipinski definition) is 3. The van der Waals surface area contributed by atoms with Crippen molar-refractivity contribution in [3.05, 3.63) is 36.0 Å². The summed E-state index contributed by atoms with van der Waals surface area (Å²) in [4.78, 5) is 29.1. The third-order valence-corrected chi connectivity index (χ3v) is 4.62. The van der Waals surface area contributed by atoms with Gasteiger partial charge in [0.15, 0.2) is 0 Å². The number of carbonyl (C=O) groups excluding carboxylic acids is 2. The maximum absolute atomic E-state index is 12.2. The minimum absolute atomic E-state index is 0.0267. The van der Waals surface area contributed by atoms with Crippen LogP contribution in [0.1, 0.15) is 38.3 Å². The van der Waals surface area contributed by atoms with Crippen molar-refractivity contribution in [2.45, 2.75) is 38.6 Å². The predicted molar refractivity (Wildman–Crippen MR) is 98.5 cm³/mol. The highest BCUT2D eigenvalue weighted by Gasteiger charge is 2.25. The fourth-order valence-corrected chi connectivity index (χ4v) is 3.35. The van der Waals surface area contributed by atoms with Crippen molar-refractivity contribution < 1.29 is 9.59 Å². The quantitative estimate of drug-likeness (QED) is 0.799. The second-order valence-electron chi connectivity index (χ2n) is 6.95. The lowest BCUT2D eigenvalue weighted by Crippen LogP contribution is -2.47. The van der Waals surface area contributed by atoms with Crippen LogP contribution in [-0.2, 0) is 4.79 Å². The highest BCUT2D eigenvalue weighted by atomic mass is 16.2. The van der Waals surface area contributed by atoms with Crippen LogP contribution in [0.15, 0.2) is 30.3 Å². The summed E-state index contributed by atoms with van der Waals surface area (Å²) in [5.41, 5.74) is 2.41. The van der Waals surface area contributed by atoms with Crippen LogP contribution in [0.3, 0.4) is 0 Å². The summed E-state index contributed by atoms with van der Waals surface area (Å²) in [5.74, 6) is 0.289. The molecule has 1 aliphatic heterocycles. The molecule has 0 radical (unpaired) electrons. The van der Waals surface area contributed by atoms with Crippen molar-refractivity contribution in [3.8, 4) is 0 Å². The standard InChI is InChI=1S/C19H26N4O2/c1-13(2)21-18(24)12-20-19(25)23-9-7-14(8-10-23)17-11-15-5-3-4-6-16(15)22-17/h3-6,11,13-14,22H,7-10,12H2,1-2H3,(H,20,25)(H,21,24). The Kier molecular flexibility index (Phi) is 5.26. The zero-order valence-corrected chi connectivity index (χ0v) is 14.8. The van der Waals surface area contributed by atoms with E-state index in [9.17, 15) is 9.59 Å². The lowest BCUT2D eigenvalue weighted by molar-refractivity contribution is -0.120. The Hall–Kier alpha value is -2.50. The van der Waals surface area contributed by atoms with Gasteiger partial charge >= 0.3 is 6.03 Å². The highest BCUT2D eigenvalue weighted by Crippen LogP contribution is 2.29. The smallest absolute Gasteiger partial charge is 0.317 e. The van der Waals surface area contributed by atoms with E-state index < -0.39 is 0 Å². The molecular formula is C19H26N4O2. The molecule has 0 bridgehead atoms. The van der Waals surface area contributed by atoms with E-state index >= 15 is 0 Å². The molecule has 134 valence electrons.